The van der Waals surface area contributed by atoms with Crippen molar-refractivity contribution in [2.45, 2.75) is 149 Å². The molecule has 0 spiro atoms. The largest absolute Gasteiger partial charge is 0.508 e. The average Bonchev–Trinajstić information content (AvgIpc) is 3.30. The number of phenols is 1. The average molecular weight is 961 g/mol. The maximum atomic E-state index is 15.0. The topological polar surface area (TPSA) is 282 Å². The molecule has 0 aromatic heterocycles. The number of fused-ring (bicyclic) bond motifs is 2. The Kier molecular flexibility index (Phi) is 19.8. The number of ether oxygens (including phenoxy) is 1. The number of nitrogens with zero attached hydrogens (tertiary/aromatic N) is 2. The highest BCUT2D eigenvalue weighted by atomic mass is 16.5. The summed E-state index contributed by atoms with van der Waals surface area (Å²) >= 11 is 0. The van der Waals surface area contributed by atoms with Crippen LogP contribution in [-0.2, 0) is 60.7 Å². The maximum Gasteiger partial charge on any atom is 0.329 e. The van der Waals surface area contributed by atoms with Gasteiger partial charge in [0.2, 0.25) is 35.4 Å². The molecule has 0 aliphatic carbocycles. The summed E-state index contributed by atoms with van der Waals surface area (Å²) < 4.78 is 5.85. The van der Waals surface area contributed by atoms with Gasteiger partial charge in [0.1, 0.15) is 66.1 Å². The molecular weight excluding hydrogens is 893 g/mol. The van der Waals surface area contributed by atoms with Gasteiger partial charge in [-0.15, -0.1) is 0 Å². The second kappa shape index (κ2) is 25.0. The minimum atomic E-state index is -1.75. The lowest BCUT2D eigenvalue weighted by atomic mass is 9.95. The summed E-state index contributed by atoms with van der Waals surface area (Å²) in [7, 11) is 1.36. The summed E-state index contributed by atoms with van der Waals surface area (Å²) in [6.45, 7) is 12.5. The van der Waals surface area contributed by atoms with Gasteiger partial charge in [0.05, 0.1) is 0 Å². The van der Waals surface area contributed by atoms with Crippen LogP contribution in [0.25, 0.3) is 0 Å². The monoisotopic (exact) mass is 960 g/mol. The molecule has 20 nitrogen and oxygen atoms in total. The van der Waals surface area contributed by atoms with Crippen LogP contribution in [0, 0.1) is 11.8 Å². The van der Waals surface area contributed by atoms with Crippen molar-refractivity contribution in [1.29, 1.82) is 0 Å². The van der Waals surface area contributed by atoms with E-state index >= 15 is 0 Å². The number of likely N-dealkylation sites (N-methyl/N-ethyl adjacent to an activating group) is 1. The molecule has 4 rings (SSSR count). The number of rotatable bonds is 13. The Hall–Kier alpha value is -6.83. The van der Waals surface area contributed by atoms with Crippen molar-refractivity contribution in [3.8, 4) is 5.75 Å². The van der Waals surface area contributed by atoms with Gasteiger partial charge >= 0.3 is 5.97 Å². The van der Waals surface area contributed by atoms with E-state index in [1.54, 1.807) is 77.1 Å². The molecule has 2 aromatic carbocycles. The van der Waals surface area contributed by atoms with E-state index in [2.05, 4.69) is 31.9 Å². The zero-order chi connectivity index (χ0) is 51.3. The number of benzene rings is 2. The van der Waals surface area contributed by atoms with Crippen LogP contribution < -0.4 is 31.9 Å². The quantitative estimate of drug-likeness (QED) is 0.102. The molecule has 8 N–H and O–H groups in total. The molecule has 0 unspecified atom stereocenters. The lowest BCUT2D eigenvalue weighted by Gasteiger charge is -2.43. The molecule has 2 fully saturated rings. The molecule has 69 heavy (non-hydrogen) atoms. The van der Waals surface area contributed by atoms with Crippen molar-refractivity contribution in [3.63, 3.8) is 0 Å². The molecule has 2 aromatic rings. The third-order valence-electron chi connectivity index (χ3n) is 12.1. The zero-order valence-corrected chi connectivity index (χ0v) is 40.7. The SMILES string of the molecule is C/C=C1\NC(=O)[C@H](NC(=O)[C@@H](NC(=O)[C@H](C)NC(=O)CCC)C(C)C)[C@H](C)OC(=O)[C@@H](C(C)C)NC(=O)[C@H](Cc2ccc(O)cc2)N(C)C(=O)[C@H](Cc2ccccc2)N2C(=O)[C@H](CC[C@H]2O)NC1=O. The summed E-state index contributed by atoms with van der Waals surface area (Å²) in [5.41, 5.74) is 0.751. The summed E-state index contributed by atoms with van der Waals surface area (Å²) in [6.07, 6.45) is -1.44. The van der Waals surface area contributed by atoms with Gasteiger partial charge in [-0.3, -0.25) is 38.4 Å². The number of allylic oxidation sites excluding steroid dienone is 1. The van der Waals surface area contributed by atoms with Gasteiger partial charge in [-0.25, -0.2) is 4.79 Å². The van der Waals surface area contributed by atoms with Crippen LogP contribution in [0.15, 0.2) is 66.4 Å². The number of aliphatic hydroxyl groups excluding tert-OH is 1. The van der Waals surface area contributed by atoms with Gasteiger partial charge in [0.25, 0.3) is 11.8 Å². The van der Waals surface area contributed by atoms with E-state index in [1.807, 2.05) is 0 Å². The van der Waals surface area contributed by atoms with Gasteiger partial charge in [-0.1, -0.05) is 83.2 Å². The number of carbonyl (C=O) groups excluding carboxylic acids is 9. The number of aliphatic hydroxyl groups is 1. The number of phenolic OH excluding ortho intramolecular Hbond substituents is 1. The number of cyclic esters (lactones) is 1. The van der Waals surface area contributed by atoms with Gasteiger partial charge in [-0.2, -0.15) is 0 Å². The van der Waals surface area contributed by atoms with Gasteiger partial charge in [0, 0.05) is 26.3 Å². The standard InChI is InChI=1S/C49H68N8O12/c1-10-15-37(59)50-28(7)42(61)53-39(26(3)4)45(64)55-41-29(8)69-49(68)40(27(5)6)54-44(63)35(24-31-18-20-32(58)21-19-31)56(9)48(67)36(25-30-16-13-12-14-17-30)57-38(60)23-22-34(47(57)66)52-43(62)33(11-2)51-46(41)65/h11-14,16-21,26-29,34-36,38-41,58,60H,10,15,22-25H2,1-9H3,(H,50,59)(H,51,65)(H,52,62)(H,53,61)(H,54,63)(H,55,64)/b33-11-/t28-,29-,34-,35-,36-,38+,39-,40+,41+/m0/s1. The predicted octanol–water partition coefficient (Wildman–Crippen LogP) is 0.835. The van der Waals surface area contributed by atoms with Crippen molar-refractivity contribution in [2.75, 3.05) is 7.05 Å². The van der Waals surface area contributed by atoms with E-state index in [-0.39, 0.29) is 49.5 Å². The van der Waals surface area contributed by atoms with E-state index < -0.39 is 114 Å². The van der Waals surface area contributed by atoms with E-state index in [0.29, 0.717) is 17.5 Å². The summed E-state index contributed by atoms with van der Waals surface area (Å²) in [4.78, 5) is 128. The number of amides is 8. The minimum absolute atomic E-state index is 0.0522. The normalized spacial score (nSPS) is 24.8. The van der Waals surface area contributed by atoms with Crippen molar-refractivity contribution >= 4 is 53.2 Å². The number of aromatic hydroxyl groups is 1. The van der Waals surface area contributed by atoms with Crippen molar-refractivity contribution in [3.05, 3.63) is 77.5 Å². The number of carbonyl (C=O) groups is 9. The van der Waals surface area contributed by atoms with Crippen molar-refractivity contribution < 1.29 is 58.1 Å². The van der Waals surface area contributed by atoms with Gasteiger partial charge in [-0.05, 0) is 75.1 Å². The van der Waals surface area contributed by atoms with Crippen LogP contribution in [0.5, 0.6) is 5.75 Å². The number of hydrogen-bond donors (Lipinski definition) is 8. The fourth-order valence-corrected chi connectivity index (χ4v) is 8.03. The Balaban J connectivity index is 1.82. The van der Waals surface area contributed by atoms with E-state index in [1.165, 1.54) is 46.0 Å². The van der Waals surface area contributed by atoms with Gasteiger partial charge < -0.3 is 56.7 Å². The number of esters is 1. The third kappa shape index (κ3) is 14.6. The fraction of sp³-hybridized carbons (Fsp3) is 0.531. The molecule has 0 saturated carbocycles. The van der Waals surface area contributed by atoms with E-state index in [9.17, 15) is 53.4 Å². The number of piperidine rings is 1. The fourth-order valence-electron chi connectivity index (χ4n) is 8.03. The highest BCUT2D eigenvalue weighted by Crippen LogP contribution is 2.25. The molecule has 9 atom stereocenters. The minimum Gasteiger partial charge on any atom is -0.508 e. The summed E-state index contributed by atoms with van der Waals surface area (Å²) in [5, 5.41) is 37.1. The number of hydrogen-bond acceptors (Lipinski definition) is 12. The molecule has 2 bridgehead atoms. The Morgan fingerprint density at radius 2 is 1.45 bits per heavy atom. The molecule has 2 aliphatic rings. The third-order valence-corrected chi connectivity index (χ3v) is 12.1. The van der Waals surface area contributed by atoms with Crippen LogP contribution >= 0.6 is 0 Å². The van der Waals surface area contributed by atoms with Crippen LogP contribution in [0.3, 0.4) is 0 Å². The molecule has 8 amide bonds. The molecule has 376 valence electrons. The van der Waals surface area contributed by atoms with Crippen LogP contribution in [0.1, 0.15) is 92.2 Å². The van der Waals surface area contributed by atoms with Gasteiger partial charge in [0.15, 0.2) is 0 Å². The lowest BCUT2D eigenvalue weighted by molar-refractivity contribution is -0.165. The van der Waals surface area contributed by atoms with Crippen molar-refractivity contribution in [1.82, 2.24) is 41.7 Å². The van der Waals surface area contributed by atoms with Crippen LogP contribution in [0.2, 0.25) is 0 Å². The Bertz CT molecular complexity index is 2220. The molecular formula is C49H68N8O12. The van der Waals surface area contributed by atoms with E-state index in [0.717, 1.165) is 9.80 Å². The first-order valence-electron chi connectivity index (χ1n) is 23.4. The first-order chi connectivity index (χ1) is 32.6. The Morgan fingerprint density at radius 1 is 0.826 bits per heavy atom. The maximum absolute atomic E-state index is 15.0. The molecule has 20 heteroatoms. The highest BCUT2D eigenvalue weighted by molar-refractivity contribution is 6.03. The first kappa shape index (κ1) is 54.8. The molecule has 2 aliphatic heterocycles. The Morgan fingerprint density at radius 3 is 2.04 bits per heavy atom. The highest BCUT2D eigenvalue weighted by Gasteiger charge is 2.45. The van der Waals surface area contributed by atoms with Crippen LogP contribution in [-0.4, -0.2) is 135 Å². The van der Waals surface area contributed by atoms with Crippen molar-refractivity contribution in [2.24, 2.45) is 11.8 Å². The lowest BCUT2D eigenvalue weighted by Crippen LogP contribution is -2.64. The number of nitrogens with one attached hydrogen (secondary N) is 6. The van der Waals surface area contributed by atoms with Crippen LogP contribution in [0.4, 0.5) is 0 Å². The van der Waals surface area contributed by atoms with E-state index in [4.69, 9.17) is 4.74 Å². The Labute approximate surface area is 402 Å². The summed E-state index contributed by atoms with van der Waals surface area (Å²) in [6, 6.07) is 5.03. The molecule has 0 radical (unpaired) electrons. The zero-order valence-electron chi connectivity index (χ0n) is 40.7. The molecule has 2 heterocycles. The summed E-state index contributed by atoms with van der Waals surface area (Å²) in [5.74, 6) is -8.62. The first-order valence-corrected chi connectivity index (χ1v) is 23.4. The molecule has 2 saturated heterocycles. The predicted molar refractivity (Wildman–Crippen MR) is 252 cm³/mol. The smallest absolute Gasteiger partial charge is 0.329 e. The second-order valence-corrected chi connectivity index (χ2v) is 18.2. The second-order valence-electron chi connectivity index (χ2n) is 18.2.